The predicted octanol–water partition coefficient (Wildman–Crippen LogP) is 2.30. The molecule has 0 aliphatic carbocycles. The molecule has 1 saturated heterocycles. The van der Waals surface area contributed by atoms with Gasteiger partial charge in [0.1, 0.15) is 5.75 Å². The Bertz CT molecular complexity index is 344. The van der Waals surface area contributed by atoms with Crippen molar-refractivity contribution in [2.75, 3.05) is 13.1 Å². The van der Waals surface area contributed by atoms with E-state index in [1.165, 1.54) is 19.3 Å². The first-order valence-corrected chi connectivity index (χ1v) is 6.39. The van der Waals surface area contributed by atoms with Gasteiger partial charge in [0.25, 0.3) is 0 Å². The summed E-state index contributed by atoms with van der Waals surface area (Å²) in [5, 5.41) is 19.5. The lowest BCUT2D eigenvalue weighted by Gasteiger charge is -2.35. The lowest BCUT2D eigenvalue weighted by atomic mass is 10.00. The van der Waals surface area contributed by atoms with Gasteiger partial charge in [-0.05, 0) is 50.6 Å². The topological polar surface area (TPSA) is 43.7 Å². The van der Waals surface area contributed by atoms with Gasteiger partial charge in [0.2, 0.25) is 0 Å². The van der Waals surface area contributed by atoms with E-state index in [0.717, 1.165) is 18.7 Å². The zero-order chi connectivity index (χ0) is 12.3. The van der Waals surface area contributed by atoms with Crippen LogP contribution in [0.15, 0.2) is 24.3 Å². The van der Waals surface area contributed by atoms with Gasteiger partial charge in [0.05, 0.1) is 6.10 Å². The summed E-state index contributed by atoms with van der Waals surface area (Å²) in [6.07, 6.45) is 3.28. The van der Waals surface area contributed by atoms with Crippen molar-refractivity contribution in [2.45, 2.75) is 38.3 Å². The van der Waals surface area contributed by atoms with Crippen LogP contribution in [0.4, 0.5) is 0 Å². The number of nitrogens with zero attached hydrogens (tertiary/aromatic N) is 1. The molecule has 0 bridgehead atoms. The predicted molar refractivity (Wildman–Crippen MR) is 68.0 cm³/mol. The second-order valence-corrected chi connectivity index (χ2v) is 4.87. The lowest BCUT2D eigenvalue weighted by Crippen LogP contribution is -2.40. The number of hydrogen-bond donors (Lipinski definition) is 2. The van der Waals surface area contributed by atoms with E-state index in [1.807, 2.05) is 0 Å². The molecule has 0 aromatic heterocycles. The van der Waals surface area contributed by atoms with Crippen molar-refractivity contribution in [3.05, 3.63) is 29.8 Å². The van der Waals surface area contributed by atoms with Gasteiger partial charge in [-0.25, -0.2) is 0 Å². The largest absolute Gasteiger partial charge is 0.508 e. The van der Waals surface area contributed by atoms with Crippen molar-refractivity contribution in [3.8, 4) is 5.75 Å². The number of likely N-dealkylation sites (tertiary alicyclic amines) is 1. The molecule has 1 heterocycles. The molecule has 1 aliphatic rings. The minimum atomic E-state index is -0.478. The summed E-state index contributed by atoms with van der Waals surface area (Å²) < 4.78 is 0. The van der Waals surface area contributed by atoms with Crippen molar-refractivity contribution < 1.29 is 10.2 Å². The van der Waals surface area contributed by atoms with E-state index < -0.39 is 6.10 Å². The highest BCUT2D eigenvalue weighted by molar-refractivity contribution is 5.27. The number of benzene rings is 1. The van der Waals surface area contributed by atoms with Gasteiger partial charge in [0.15, 0.2) is 0 Å². The number of piperidine rings is 1. The van der Waals surface area contributed by atoms with Crippen LogP contribution in [0, 0.1) is 0 Å². The molecule has 0 saturated carbocycles. The number of phenols is 1. The second-order valence-electron chi connectivity index (χ2n) is 4.87. The molecule has 2 N–H and O–H groups in total. The normalized spacial score (nSPS) is 21.1. The van der Waals surface area contributed by atoms with E-state index in [9.17, 15) is 10.2 Å². The van der Waals surface area contributed by atoms with Crippen molar-refractivity contribution >= 4 is 0 Å². The van der Waals surface area contributed by atoms with E-state index in [1.54, 1.807) is 24.3 Å². The van der Waals surface area contributed by atoms with Crippen molar-refractivity contribution in [3.63, 3.8) is 0 Å². The molecule has 0 radical (unpaired) electrons. The standard InChI is InChI=1S/C14H21NO2/c1-11(15-9-3-2-4-10-15)14(17)12-5-7-13(16)8-6-12/h5-8,11,14,16-17H,2-4,9-10H2,1H3/t11-,14-/m1/s1. The number of rotatable bonds is 3. The minimum absolute atomic E-state index is 0.139. The summed E-state index contributed by atoms with van der Waals surface area (Å²) in [4.78, 5) is 2.35. The highest BCUT2D eigenvalue weighted by Crippen LogP contribution is 2.24. The smallest absolute Gasteiger partial charge is 0.115 e. The minimum Gasteiger partial charge on any atom is -0.508 e. The van der Waals surface area contributed by atoms with E-state index >= 15 is 0 Å². The van der Waals surface area contributed by atoms with Crippen LogP contribution in [0.3, 0.4) is 0 Å². The van der Waals surface area contributed by atoms with Crippen molar-refractivity contribution in [1.82, 2.24) is 4.90 Å². The van der Waals surface area contributed by atoms with Gasteiger partial charge in [-0.1, -0.05) is 18.6 Å². The summed E-state index contributed by atoms with van der Waals surface area (Å²) in [7, 11) is 0. The Morgan fingerprint density at radius 1 is 1.06 bits per heavy atom. The number of hydrogen-bond acceptors (Lipinski definition) is 3. The molecule has 3 nitrogen and oxygen atoms in total. The number of phenolic OH excluding ortho intramolecular Hbond substituents is 1. The SMILES string of the molecule is C[C@H]([C@@H](O)c1ccc(O)cc1)N1CCCCC1. The molecule has 2 atom stereocenters. The Kier molecular flexibility index (Phi) is 4.02. The third-order valence-corrected chi connectivity index (χ3v) is 3.66. The van der Waals surface area contributed by atoms with Crippen LogP contribution in [0.1, 0.15) is 37.9 Å². The molecule has 2 rings (SSSR count). The maximum atomic E-state index is 10.3. The first-order valence-electron chi connectivity index (χ1n) is 6.39. The average Bonchev–Trinajstić information content (AvgIpc) is 2.39. The van der Waals surface area contributed by atoms with Crippen LogP contribution in [-0.4, -0.2) is 34.2 Å². The molecule has 3 heteroatoms. The molecule has 1 aliphatic heterocycles. The fourth-order valence-electron chi connectivity index (χ4n) is 2.48. The summed E-state index contributed by atoms with van der Waals surface area (Å²) >= 11 is 0. The lowest BCUT2D eigenvalue weighted by molar-refractivity contribution is 0.0471. The molecule has 17 heavy (non-hydrogen) atoms. The van der Waals surface area contributed by atoms with Gasteiger partial charge in [-0.2, -0.15) is 0 Å². The van der Waals surface area contributed by atoms with Crippen LogP contribution >= 0.6 is 0 Å². The average molecular weight is 235 g/mol. The Hall–Kier alpha value is -1.06. The van der Waals surface area contributed by atoms with Crippen molar-refractivity contribution in [1.29, 1.82) is 0 Å². The summed E-state index contributed by atoms with van der Waals surface area (Å²) in [5.74, 6) is 0.242. The summed E-state index contributed by atoms with van der Waals surface area (Å²) in [5.41, 5.74) is 0.876. The number of aliphatic hydroxyl groups excluding tert-OH is 1. The maximum absolute atomic E-state index is 10.3. The molecule has 1 fully saturated rings. The Labute approximate surface area is 103 Å². The highest BCUT2D eigenvalue weighted by Gasteiger charge is 2.24. The zero-order valence-electron chi connectivity index (χ0n) is 10.3. The second kappa shape index (κ2) is 5.52. The molecular formula is C14H21NO2. The van der Waals surface area contributed by atoms with Crippen molar-refractivity contribution in [2.24, 2.45) is 0 Å². The zero-order valence-corrected chi connectivity index (χ0v) is 10.3. The molecule has 0 amide bonds. The van der Waals surface area contributed by atoms with Crippen LogP contribution in [0.5, 0.6) is 5.75 Å². The monoisotopic (exact) mass is 235 g/mol. The Morgan fingerprint density at radius 2 is 1.65 bits per heavy atom. The van der Waals surface area contributed by atoms with Gasteiger partial charge >= 0.3 is 0 Å². The van der Waals surface area contributed by atoms with E-state index in [2.05, 4.69) is 11.8 Å². The van der Waals surface area contributed by atoms with Crippen LogP contribution in [0.2, 0.25) is 0 Å². The van der Waals surface area contributed by atoms with Gasteiger partial charge < -0.3 is 10.2 Å². The number of aromatic hydroxyl groups is 1. The third-order valence-electron chi connectivity index (χ3n) is 3.66. The van der Waals surface area contributed by atoms with E-state index in [0.29, 0.717) is 0 Å². The Balaban J connectivity index is 2.02. The van der Waals surface area contributed by atoms with Gasteiger partial charge in [-0.15, -0.1) is 0 Å². The van der Waals surface area contributed by atoms with Crippen LogP contribution in [0.25, 0.3) is 0 Å². The number of aliphatic hydroxyl groups is 1. The van der Waals surface area contributed by atoms with Gasteiger partial charge in [-0.3, -0.25) is 4.90 Å². The molecule has 1 aromatic rings. The van der Waals surface area contributed by atoms with Gasteiger partial charge in [0, 0.05) is 6.04 Å². The Morgan fingerprint density at radius 3 is 2.24 bits per heavy atom. The summed E-state index contributed by atoms with van der Waals surface area (Å²) in [6.45, 7) is 4.23. The molecule has 94 valence electrons. The fourth-order valence-corrected chi connectivity index (χ4v) is 2.48. The molecule has 0 spiro atoms. The molecule has 1 aromatic carbocycles. The highest BCUT2D eigenvalue weighted by atomic mass is 16.3. The van der Waals surface area contributed by atoms with Crippen LogP contribution < -0.4 is 0 Å². The van der Waals surface area contributed by atoms with Crippen LogP contribution in [-0.2, 0) is 0 Å². The summed E-state index contributed by atoms with van der Waals surface area (Å²) in [6, 6.07) is 6.98. The quantitative estimate of drug-likeness (QED) is 0.845. The van der Waals surface area contributed by atoms with E-state index in [4.69, 9.17) is 0 Å². The first-order chi connectivity index (χ1) is 8.18. The third kappa shape index (κ3) is 2.99. The van der Waals surface area contributed by atoms with E-state index in [-0.39, 0.29) is 11.8 Å². The molecular weight excluding hydrogens is 214 g/mol. The first kappa shape index (κ1) is 12.4. The maximum Gasteiger partial charge on any atom is 0.115 e. The molecule has 0 unspecified atom stereocenters. The fraction of sp³-hybridized carbons (Fsp3) is 0.571.